The molecule has 1 heterocycles. The molecule has 3 unspecified atom stereocenters. The maximum Gasteiger partial charge on any atom is 0.309 e. The monoisotopic (exact) mass is 437 g/mol. The summed E-state index contributed by atoms with van der Waals surface area (Å²) in [6, 6.07) is 7.12. The number of hydrogen-bond acceptors (Lipinski definition) is 7. The van der Waals surface area contributed by atoms with E-state index in [1.807, 2.05) is 26.0 Å². The highest BCUT2D eigenvalue weighted by Crippen LogP contribution is 2.24. The van der Waals surface area contributed by atoms with Crippen molar-refractivity contribution < 1.29 is 33.8 Å². The largest absolute Gasteiger partial charge is 0.491 e. The van der Waals surface area contributed by atoms with Gasteiger partial charge in [0.2, 0.25) is 5.91 Å². The molecule has 0 radical (unpaired) electrons. The molecule has 0 aliphatic carbocycles. The van der Waals surface area contributed by atoms with Crippen molar-refractivity contribution in [1.29, 1.82) is 0 Å². The topological polar surface area (TPSA) is 119 Å². The maximum atomic E-state index is 11.9. The highest BCUT2D eigenvalue weighted by molar-refractivity contribution is 8.15. The Kier molecular flexibility index (Phi) is 8.86. The highest BCUT2D eigenvalue weighted by atomic mass is 32.2. The van der Waals surface area contributed by atoms with Crippen LogP contribution in [0, 0.1) is 11.8 Å². The molecular formula is C21H27NO7S. The van der Waals surface area contributed by atoms with Gasteiger partial charge in [0, 0.05) is 0 Å². The van der Waals surface area contributed by atoms with Gasteiger partial charge in [-0.05, 0) is 43.4 Å². The van der Waals surface area contributed by atoms with Gasteiger partial charge in [0.05, 0.1) is 17.8 Å². The molecule has 2 rings (SSSR count). The zero-order chi connectivity index (χ0) is 22.3. The first-order valence-corrected chi connectivity index (χ1v) is 10.6. The van der Waals surface area contributed by atoms with Gasteiger partial charge in [-0.1, -0.05) is 37.7 Å². The first-order valence-electron chi connectivity index (χ1n) is 9.75. The number of carbonyl (C=O) groups excluding carboxylic acids is 3. The lowest BCUT2D eigenvalue weighted by Gasteiger charge is -2.23. The number of benzene rings is 1. The maximum absolute atomic E-state index is 11.9. The SMILES string of the molecule is CC(=O)C(OCCOc1ccc(CC2SC(=O)NC2=O)cc1)C(CC(C)C)C(=O)O. The number of carboxylic acids is 1. The minimum Gasteiger partial charge on any atom is -0.491 e. The lowest BCUT2D eigenvalue weighted by Crippen LogP contribution is -2.37. The number of aliphatic carboxylic acids is 1. The molecule has 8 nitrogen and oxygen atoms in total. The number of carbonyl (C=O) groups is 4. The Bertz CT molecular complexity index is 778. The third kappa shape index (κ3) is 7.14. The second-order valence-electron chi connectivity index (χ2n) is 7.56. The second kappa shape index (κ2) is 11.1. The van der Waals surface area contributed by atoms with Crippen molar-refractivity contribution in [1.82, 2.24) is 5.32 Å². The molecule has 3 atom stereocenters. The van der Waals surface area contributed by atoms with E-state index in [0.717, 1.165) is 17.3 Å². The Morgan fingerprint density at radius 3 is 2.33 bits per heavy atom. The van der Waals surface area contributed by atoms with Gasteiger partial charge in [-0.25, -0.2) is 0 Å². The van der Waals surface area contributed by atoms with Gasteiger partial charge < -0.3 is 14.6 Å². The number of carboxylic acid groups (broad SMARTS) is 1. The predicted molar refractivity (Wildman–Crippen MR) is 112 cm³/mol. The lowest BCUT2D eigenvalue weighted by atomic mass is 9.90. The van der Waals surface area contributed by atoms with Crippen LogP contribution in [0.2, 0.25) is 0 Å². The third-order valence-electron chi connectivity index (χ3n) is 4.57. The molecule has 1 aromatic carbocycles. The molecule has 30 heavy (non-hydrogen) atoms. The zero-order valence-electron chi connectivity index (χ0n) is 17.3. The van der Waals surface area contributed by atoms with Gasteiger partial charge in [0.15, 0.2) is 5.78 Å². The molecule has 1 fully saturated rings. The van der Waals surface area contributed by atoms with Gasteiger partial charge in [-0.2, -0.15) is 0 Å². The van der Waals surface area contributed by atoms with Crippen LogP contribution in [0.15, 0.2) is 24.3 Å². The summed E-state index contributed by atoms with van der Waals surface area (Å²) in [5, 5.41) is 10.9. The van der Waals surface area contributed by atoms with Crippen LogP contribution >= 0.6 is 11.8 Å². The van der Waals surface area contributed by atoms with Crippen LogP contribution in [0.3, 0.4) is 0 Å². The number of amides is 2. The Hall–Kier alpha value is -2.39. The Balaban J connectivity index is 1.82. The average molecular weight is 438 g/mol. The molecule has 0 bridgehead atoms. The van der Waals surface area contributed by atoms with Crippen molar-refractivity contribution in [3.63, 3.8) is 0 Å². The average Bonchev–Trinajstić information content (AvgIpc) is 2.98. The van der Waals surface area contributed by atoms with Crippen LogP contribution in [0.5, 0.6) is 5.75 Å². The first-order chi connectivity index (χ1) is 14.2. The summed E-state index contributed by atoms with van der Waals surface area (Å²) in [4.78, 5) is 46.3. The van der Waals surface area contributed by atoms with Crippen LogP contribution in [0.25, 0.3) is 0 Å². The molecule has 9 heteroatoms. The summed E-state index contributed by atoms with van der Waals surface area (Å²) < 4.78 is 11.1. The molecular weight excluding hydrogens is 410 g/mol. The molecule has 1 saturated heterocycles. The standard InChI is InChI=1S/C21H27NO7S/c1-12(2)10-16(20(25)26)18(13(3)23)29-9-8-28-15-6-4-14(5-7-15)11-17-19(24)22-21(27)30-17/h4-7,12,16-18H,8-11H2,1-3H3,(H,25,26)(H,22,24,27). The number of nitrogens with one attached hydrogen (secondary N) is 1. The summed E-state index contributed by atoms with van der Waals surface area (Å²) in [6.45, 7) is 5.36. The lowest BCUT2D eigenvalue weighted by molar-refractivity contribution is -0.154. The molecule has 0 aromatic heterocycles. The Labute approximate surface area is 179 Å². The van der Waals surface area contributed by atoms with Crippen LogP contribution in [-0.4, -0.2) is 52.6 Å². The fourth-order valence-electron chi connectivity index (χ4n) is 3.18. The molecule has 1 aromatic rings. The Morgan fingerprint density at radius 1 is 1.17 bits per heavy atom. The fourth-order valence-corrected chi connectivity index (χ4v) is 4.04. The van der Waals surface area contributed by atoms with Crippen molar-refractivity contribution >= 4 is 34.7 Å². The Morgan fingerprint density at radius 2 is 1.83 bits per heavy atom. The number of ketones is 1. The van der Waals surface area contributed by atoms with Gasteiger partial charge >= 0.3 is 5.97 Å². The van der Waals surface area contributed by atoms with Gasteiger partial charge in [-0.15, -0.1) is 0 Å². The van der Waals surface area contributed by atoms with Crippen LogP contribution in [-0.2, 0) is 25.5 Å². The fraction of sp³-hybridized carbons (Fsp3) is 0.524. The van der Waals surface area contributed by atoms with E-state index in [-0.39, 0.29) is 36.1 Å². The van der Waals surface area contributed by atoms with Crippen molar-refractivity contribution in [2.45, 2.75) is 45.0 Å². The summed E-state index contributed by atoms with van der Waals surface area (Å²) in [7, 11) is 0. The number of imide groups is 1. The molecule has 0 saturated carbocycles. The van der Waals surface area contributed by atoms with E-state index in [0.29, 0.717) is 18.6 Å². The quantitative estimate of drug-likeness (QED) is 0.479. The van der Waals surface area contributed by atoms with Crippen molar-refractivity contribution in [2.24, 2.45) is 11.8 Å². The van der Waals surface area contributed by atoms with Gasteiger partial charge in [0.25, 0.3) is 5.24 Å². The van der Waals surface area contributed by atoms with Gasteiger partial charge in [-0.3, -0.25) is 24.5 Å². The number of ether oxygens (including phenoxy) is 2. The molecule has 1 aliphatic rings. The van der Waals surface area contributed by atoms with Crippen LogP contribution < -0.4 is 10.1 Å². The van der Waals surface area contributed by atoms with Crippen molar-refractivity contribution in [2.75, 3.05) is 13.2 Å². The van der Waals surface area contributed by atoms with Gasteiger partial charge in [0.1, 0.15) is 18.5 Å². The summed E-state index contributed by atoms with van der Waals surface area (Å²) in [6.07, 6.45) is -0.211. The smallest absolute Gasteiger partial charge is 0.309 e. The second-order valence-corrected chi connectivity index (χ2v) is 8.73. The van der Waals surface area contributed by atoms with E-state index in [9.17, 15) is 24.3 Å². The number of hydrogen-bond donors (Lipinski definition) is 2. The number of thioether (sulfide) groups is 1. The summed E-state index contributed by atoms with van der Waals surface area (Å²) in [5.41, 5.74) is 0.899. The molecule has 2 amide bonds. The third-order valence-corrected chi connectivity index (χ3v) is 5.55. The van der Waals surface area contributed by atoms with E-state index in [4.69, 9.17) is 9.47 Å². The minimum atomic E-state index is -1.05. The van der Waals surface area contributed by atoms with E-state index in [1.54, 1.807) is 12.1 Å². The molecule has 164 valence electrons. The molecule has 2 N–H and O–H groups in total. The normalized spacial score (nSPS) is 18.2. The summed E-state index contributed by atoms with van der Waals surface area (Å²) >= 11 is 0.986. The van der Waals surface area contributed by atoms with Crippen molar-refractivity contribution in [3.05, 3.63) is 29.8 Å². The van der Waals surface area contributed by atoms with Crippen molar-refractivity contribution in [3.8, 4) is 5.75 Å². The number of Topliss-reactive ketones (excluding diaryl/α,β-unsaturated/α-hetero) is 1. The first kappa shape index (κ1) is 23.9. The van der Waals surface area contributed by atoms with E-state index in [1.165, 1.54) is 6.92 Å². The minimum absolute atomic E-state index is 0.0782. The number of rotatable bonds is 12. The van der Waals surface area contributed by atoms with E-state index < -0.39 is 23.2 Å². The van der Waals surface area contributed by atoms with Crippen LogP contribution in [0.4, 0.5) is 4.79 Å². The van der Waals surface area contributed by atoms with Crippen LogP contribution in [0.1, 0.15) is 32.8 Å². The molecule has 0 spiro atoms. The predicted octanol–water partition coefficient (Wildman–Crippen LogP) is 2.68. The zero-order valence-corrected chi connectivity index (χ0v) is 18.1. The highest BCUT2D eigenvalue weighted by Gasteiger charge is 2.33. The molecule has 1 aliphatic heterocycles. The summed E-state index contributed by atoms with van der Waals surface area (Å²) in [5.74, 6) is -1.83. The van der Waals surface area contributed by atoms with E-state index in [2.05, 4.69) is 5.32 Å². The van der Waals surface area contributed by atoms with E-state index >= 15 is 0 Å².